The quantitative estimate of drug-likeness (QED) is 0.269. The third kappa shape index (κ3) is 5.14. The van der Waals surface area contributed by atoms with Gasteiger partial charge in [-0.3, -0.25) is 9.59 Å². The van der Waals surface area contributed by atoms with E-state index in [1.54, 1.807) is 36.4 Å². The van der Waals surface area contributed by atoms with Crippen molar-refractivity contribution in [3.8, 4) is 5.75 Å². The van der Waals surface area contributed by atoms with Gasteiger partial charge in [-0.25, -0.2) is 4.39 Å². The van der Waals surface area contributed by atoms with E-state index in [1.165, 1.54) is 17.0 Å². The highest BCUT2D eigenvalue weighted by molar-refractivity contribution is 6.46. The summed E-state index contributed by atoms with van der Waals surface area (Å²) in [5.41, 5.74) is 1.15. The first-order valence-electron chi connectivity index (χ1n) is 10.8. The van der Waals surface area contributed by atoms with Crippen LogP contribution in [0.4, 0.5) is 4.39 Å². The lowest BCUT2D eigenvalue weighted by Crippen LogP contribution is -2.32. The summed E-state index contributed by atoms with van der Waals surface area (Å²) in [6, 6.07) is 9.96. The van der Waals surface area contributed by atoms with E-state index < -0.39 is 23.5 Å². The Morgan fingerprint density at radius 1 is 1.24 bits per heavy atom. The van der Waals surface area contributed by atoms with Gasteiger partial charge in [0.1, 0.15) is 23.9 Å². The van der Waals surface area contributed by atoms with Gasteiger partial charge in [0.05, 0.1) is 11.6 Å². The molecule has 0 unspecified atom stereocenters. The van der Waals surface area contributed by atoms with Crippen LogP contribution in [-0.2, 0) is 9.59 Å². The fourth-order valence-corrected chi connectivity index (χ4v) is 3.95. The van der Waals surface area contributed by atoms with E-state index in [-0.39, 0.29) is 23.4 Å². The van der Waals surface area contributed by atoms with Crippen LogP contribution < -0.4 is 4.74 Å². The van der Waals surface area contributed by atoms with Gasteiger partial charge in [-0.1, -0.05) is 30.9 Å². The molecule has 1 N–H and O–H groups in total. The Morgan fingerprint density at radius 2 is 1.97 bits per heavy atom. The molecule has 1 fully saturated rings. The number of amides is 1. The van der Waals surface area contributed by atoms with Crippen molar-refractivity contribution in [3.05, 3.63) is 83.2 Å². The number of halogens is 1. The van der Waals surface area contributed by atoms with Crippen LogP contribution in [-0.4, -0.2) is 60.4 Å². The Balaban J connectivity index is 2.08. The van der Waals surface area contributed by atoms with Crippen molar-refractivity contribution in [1.82, 2.24) is 9.80 Å². The molecule has 0 aromatic heterocycles. The van der Waals surface area contributed by atoms with Gasteiger partial charge < -0.3 is 19.6 Å². The average Bonchev–Trinajstić information content (AvgIpc) is 3.02. The molecule has 0 saturated carbocycles. The highest BCUT2D eigenvalue weighted by Crippen LogP contribution is 2.40. The molecule has 0 bridgehead atoms. The minimum Gasteiger partial charge on any atom is -0.507 e. The highest BCUT2D eigenvalue weighted by Gasteiger charge is 2.46. The number of hydrogen-bond acceptors (Lipinski definition) is 5. The Morgan fingerprint density at radius 3 is 2.61 bits per heavy atom. The van der Waals surface area contributed by atoms with Crippen LogP contribution in [0.25, 0.3) is 5.76 Å². The first-order valence-corrected chi connectivity index (χ1v) is 10.8. The van der Waals surface area contributed by atoms with E-state index >= 15 is 0 Å². The Kier molecular flexibility index (Phi) is 7.66. The molecule has 2 aromatic carbocycles. The van der Waals surface area contributed by atoms with E-state index in [4.69, 9.17) is 4.74 Å². The van der Waals surface area contributed by atoms with Crippen LogP contribution in [0.1, 0.15) is 29.2 Å². The average molecular weight is 453 g/mol. The van der Waals surface area contributed by atoms with E-state index in [0.29, 0.717) is 30.9 Å². The maximum Gasteiger partial charge on any atom is 0.295 e. The number of aliphatic hydroxyl groups excluding tert-OH is 1. The standard InChI is InChI=1S/C26H29FN2O4/c1-5-15-33-21-12-11-18(16-17(21)2)24(30)22-23(19-9-6-7-10-20(19)27)29(26(32)25(22)31)14-8-13-28(3)4/h5-7,9-12,16,23,30H,1,8,13-15H2,2-4H3/t23-/m0/s1. The zero-order valence-electron chi connectivity index (χ0n) is 19.2. The summed E-state index contributed by atoms with van der Waals surface area (Å²) < 4.78 is 20.4. The molecule has 1 saturated heterocycles. The minimum atomic E-state index is -1.01. The lowest BCUT2D eigenvalue weighted by atomic mass is 9.94. The Hall–Kier alpha value is -3.45. The molecule has 0 spiro atoms. The number of hydrogen-bond donors (Lipinski definition) is 1. The number of ether oxygens (including phenoxy) is 1. The molecule has 33 heavy (non-hydrogen) atoms. The number of aryl methyl sites for hydroxylation is 1. The summed E-state index contributed by atoms with van der Waals surface area (Å²) >= 11 is 0. The maximum atomic E-state index is 14.8. The second-order valence-electron chi connectivity index (χ2n) is 8.25. The summed E-state index contributed by atoms with van der Waals surface area (Å²) in [4.78, 5) is 29.3. The topological polar surface area (TPSA) is 70.1 Å². The number of benzene rings is 2. The molecule has 6 nitrogen and oxygen atoms in total. The van der Waals surface area contributed by atoms with Crippen molar-refractivity contribution in [2.24, 2.45) is 0 Å². The number of likely N-dealkylation sites (tertiary alicyclic amines) is 1. The fourth-order valence-electron chi connectivity index (χ4n) is 3.95. The summed E-state index contributed by atoms with van der Waals surface area (Å²) in [5, 5.41) is 11.1. The van der Waals surface area contributed by atoms with Crippen molar-refractivity contribution in [2.45, 2.75) is 19.4 Å². The molecule has 1 aliphatic heterocycles. The number of carbonyl (C=O) groups is 2. The van der Waals surface area contributed by atoms with Gasteiger partial charge in [-0.2, -0.15) is 0 Å². The van der Waals surface area contributed by atoms with Crippen LogP contribution in [0.2, 0.25) is 0 Å². The van der Waals surface area contributed by atoms with E-state index in [9.17, 15) is 19.1 Å². The second-order valence-corrected chi connectivity index (χ2v) is 8.25. The summed E-state index contributed by atoms with van der Waals surface area (Å²) in [6.45, 7) is 6.71. The zero-order chi connectivity index (χ0) is 24.1. The Labute approximate surface area is 193 Å². The third-order valence-electron chi connectivity index (χ3n) is 5.55. The van der Waals surface area contributed by atoms with E-state index in [0.717, 1.165) is 5.56 Å². The smallest absolute Gasteiger partial charge is 0.295 e. The highest BCUT2D eigenvalue weighted by atomic mass is 19.1. The lowest BCUT2D eigenvalue weighted by Gasteiger charge is -2.26. The van der Waals surface area contributed by atoms with E-state index in [1.807, 2.05) is 25.9 Å². The maximum absolute atomic E-state index is 14.8. The number of ketones is 1. The van der Waals surface area contributed by atoms with Gasteiger partial charge in [-0.05, 0) is 63.8 Å². The molecule has 3 rings (SSSR count). The second kappa shape index (κ2) is 10.4. The summed E-state index contributed by atoms with van der Waals surface area (Å²) in [6.07, 6.45) is 2.22. The minimum absolute atomic E-state index is 0.117. The number of aliphatic hydroxyl groups is 1. The first-order chi connectivity index (χ1) is 15.8. The molecule has 2 aromatic rings. The molecular weight excluding hydrogens is 423 g/mol. The van der Waals surface area contributed by atoms with Crippen LogP contribution in [0.5, 0.6) is 5.75 Å². The summed E-state index contributed by atoms with van der Waals surface area (Å²) in [7, 11) is 3.82. The van der Waals surface area contributed by atoms with Gasteiger partial charge in [0.2, 0.25) is 0 Å². The third-order valence-corrected chi connectivity index (χ3v) is 5.55. The van der Waals surface area contributed by atoms with Crippen molar-refractivity contribution in [2.75, 3.05) is 33.8 Å². The molecule has 1 atom stereocenters. The van der Waals surface area contributed by atoms with Gasteiger partial charge in [0.15, 0.2) is 0 Å². The van der Waals surface area contributed by atoms with Crippen LogP contribution >= 0.6 is 0 Å². The predicted molar refractivity (Wildman–Crippen MR) is 125 cm³/mol. The SMILES string of the molecule is C=CCOc1ccc(C(O)=C2C(=O)C(=O)N(CCCN(C)C)[C@H]2c2ccccc2F)cc1C. The van der Waals surface area contributed by atoms with Gasteiger partial charge in [-0.15, -0.1) is 0 Å². The molecule has 0 aliphatic carbocycles. The lowest BCUT2D eigenvalue weighted by molar-refractivity contribution is -0.140. The monoisotopic (exact) mass is 452 g/mol. The van der Waals surface area contributed by atoms with Crippen molar-refractivity contribution in [1.29, 1.82) is 0 Å². The van der Waals surface area contributed by atoms with Crippen LogP contribution in [0.15, 0.2) is 60.7 Å². The van der Waals surface area contributed by atoms with Crippen molar-refractivity contribution >= 4 is 17.4 Å². The normalized spacial score (nSPS) is 17.6. The molecule has 1 heterocycles. The molecule has 7 heteroatoms. The number of nitrogens with zero attached hydrogens (tertiary/aromatic N) is 2. The van der Waals surface area contributed by atoms with Gasteiger partial charge >= 0.3 is 0 Å². The Bertz CT molecular complexity index is 1090. The fraction of sp³-hybridized carbons (Fsp3) is 0.308. The number of Topliss-reactive ketones (excluding diaryl/α,β-unsaturated/α-hetero) is 1. The predicted octanol–water partition coefficient (Wildman–Crippen LogP) is 4.07. The first kappa shape index (κ1) is 24.2. The van der Waals surface area contributed by atoms with Crippen LogP contribution in [0.3, 0.4) is 0 Å². The molecular formula is C26H29FN2O4. The number of carbonyl (C=O) groups excluding carboxylic acids is 2. The van der Waals surface area contributed by atoms with Gasteiger partial charge in [0.25, 0.3) is 11.7 Å². The molecule has 0 radical (unpaired) electrons. The largest absolute Gasteiger partial charge is 0.507 e. The van der Waals surface area contributed by atoms with Gasteiger partial charge in [0, 0.05) is 17.7 Å². The zero-order valence-corrected chi connectivity index (χ0v) is 19.2. The molecule has 1 amide bonds. The molecule has 174 valence electrons. The number of rotatable bonds is 9. The van der Waals surface area contributed by atoms with Crippen LogP contribution in [0, 0.1) is 12.7 Å². The molecule has 1 aliphatic rings. The summed E-state index contributed by atoms with van der Waals surface area (Å²) in [5.74, 6) is -1.84. The van der Waals surface area contributed by atoms with Crippen molar-refractivity contribution < 1.29 is 23.8 Å². The van der Waals surface area contributed by atoms with Crippen molar-refractivity contribution in [3.63, 3.8) is 0 Å². The van der Waals surface area contributed by atoms with E-state index in [2.05, 4.69) is 6.58 Å².